The zero-order valence-corrected chi connectivity index (χ0v) is 18.5. The van der Waals surface area contributed by atoms with Crippen LogP contribution in [-0.2, 0) is 32.4 Å². The lowest BCUT2D eigenvalue weighted by atomic mass is 10.0. The first-order chi connectivity index (χ1) is 14.0. The van der Waals surface area contributed by atoms with Crippen LogP contribution in [0.1, 0.15) is 39.8 Å². The maximum atomic E-state index is 12.8. The highest BCUT2D eigenvalue weighted by atomic mass is 35.5. The van der Waals surface area contributed by atoms with Gasteiger partial charge in [0, 0.05) is 12.6 Å². The van der Waals surface area contributed by atoms with Gasteiger partial charge in [-0.15, -0.1) is 11.6 Å². The Kier molecular flexibility index (Phi) is 6.91. The molecule has 5 atom stereocenters. The van der Waals surface area contributed by atoms with E-state index in [4.69, 9.17) is 40.4 Å². The second-order valence-electron chi connectivity index (χ2n) is 7.46. The number of nitrogens with two attached hydrogens (primary N) is 1. The standard InChI is InChI=1S/C17H25ClN3O8P/c1-10(2)27-13(22)5-4-8-25-30(24)26-9-11-14(29-30)17(3,18)15(28-11)21-7-6-12(19)20-16(21)23/h6-7,10-11,14-15H,4-5,8-9H2,1-3H3,(H2,19,20,23)/t11?,14-,15-,17-,30+/m1/s1. The fraction of sp³-hybridized carbons (Fsp3) is 0.706. The number of hydrogen-bond acceptors (Lipinski definition) is 10. The van der Waals surface area contributed by atoms with E-state index in [0.29, 0.717) is 0 Å². The number of rotatable bonds is 7. The summed E-state index contributed by atoms with van der Waals surface area (Å²) in [4.78, 5) is 26.1. The number of anilines is 1. The normalized spacial score (nSPS) is 33.4. The zero-order chi connectivity index (χ0) is 22.1. The summed E-state index contributed by atoms with van der Waals surface area (Å²) in [5.41, 5.74) is 4.88. The molecule has 0 spiro atoms. The molecule has 3 rings (SSSR count). The van der Waals surface area contributed by atoms with E-state index in [0.717, 1.165) is 0 Å². The molecule has 1 aromatic heterocycles. The lowest BCUT2D eigenvalue weighted by Gasteiger charge is -2.34. The molecule has 30 heavy (non-hydrogen) atoms. The molecule has 0 amide bonds. The lowest BCUT2D eigenvalue weighted by Crippen LogP contribution is -2.45. The van der Waals surface area contributed by atoms with Gasteiger partial charge in [0.25, 0.3) is 0 Å². The molecule has 2 aliphatic rings. The third-order valence-corrected chi connectivity index (χ3v) is 6.42. The van der Waals surface area contributed by atoms with E-state index in [2.05, 4.69) is 4.98 Å². The molecule has 0 saturated carbocycles. The highest BCUT2D eigenvalue weighted by Crippen LogP contribution is 2.60. The minimum atomic E-state index is -3.93. The van der Waals surface area contributed by atoms with Crippen molar-refractivity contribution in [3.63, 3.8) is 0 Å². The molecule has 13 heteroatoms. The van der Waals surface area contributed by atoms with E-state index in [-0.39, 0.29) is 43.9 Å². The number of nitrogen functional groups attached to an aromatic ring is 1. The summed E-state index contributed by atoms with van der Waals surface area (Å²) in [7, 11) is -3.93. The van der Waals surface area contributed by atoms with Crippen LogP contribution in [0.5, 0.6) is 0 Å². The maximum absolute atomic E-state index is 12.8. The Morgan fingerprint density at radius 1 is 1.53 bits per heavy atom. The summed E-state index contributed by atoms with van der Waals surface area (Å²) in [5.74, 6) is -0.307. The second-order valence-corrected chi connectivity index (χ2v) is 9.90. The van der Waals surface area contributed by atoms with Crippen LogP contribution in [-0.4, -0.2) is 51.9 Å². The van der Waals surface area contributed by atoms with Crippen molar-refractivity contribution in [3.05, 3.63) is 22.7 Å². The number of carbonyl (C=O) groups excluding carboxylic acids is 1. The second kappa shape index (κ2) is 8.94. The molecule has 2 N–H and O–H groups in total. The topological polar surface area (TPSA) is 141 Å². The summed E-state index contributed by atoms with van der Waals surface area (Å²) in [6.07, 6.45) is -0.904. The number of phosphoric ester groups is 1. The molecule has 1 unspecified atom stereocenters. The predicted octanol–water partition coefficient (Wildman–Crippen LogP) is 1.99. The fourth-order valence-corrected chi connectivity index (χ4v) is 5.15. The van der Waals surface area contributed by atoms with Gasteiger partial charge in [0.15, 0.2) is 6.23 Å². The van der Waals surface area contributed by atoms with E-state index in [1.807, 2.05) is 0 Å². The lowest BCUT2D eigenvalue weighted by molar-refractivity contribution is -0.147. The van der Waals surface area contributed by atoms with Crippen LogP contribution in [0.25, 0.3) is 0 Å². The van der Waals surface area contributed by atoms with E-state index in [1.165, 1.54) is 16.8 Å². The summed E-state index contributed by atoms with van der Waals surface area (Å²) in [6.45, 7) is 4.96. The molecule has 0 aliphatic carbocycles. The average Bonchev–Trinajstić information content (AvgIpc) is 2.89. The SMILES string of the molecule is CC(C)OC(=O)CCCO[P@@]1(=O)OCC2O[C@@H](n3ccc(N)nc3=O)[C@](C)(Cl)[C@@H]2O1. The monoisotopic (exact) mass is 465 g/mol. The first kappa shape index (κ1) is 23.2. The minimum absolute atomic E-state index is 0.0352. The van der Waals surface area contributed by atoms with E-state index < -0.39 is 36.8 Å². The van der Waals surface area contributed by atoms with Crippen LogP contribution >= 0.6 is 19.4 Å². The van der Waals surface area contributed by atoms with Crippen LogP contribution in [0.4, 0.5) is 5.82 Å². The van der Waals surface area contributed by atoms with Gasteiger partial charge < -0.3 is 15.2 Å². The molecule has 11 nitrogen and oxygen atoms in total. The smallest absolute Gasteiger partial charge is 0.463 e. The van der Waals surface area contributed by atoms with E-state index in [9.17, 15) is 14.2 Å². The van der Waals surface area contributed by atoms with Gasteiger partial charge >= 0.3 is 19.5 Å². The Balaban J connectivity index is 1.62. The van der Waals surface area contributed by atoms with Gasteiger partial charge in [-0.1, -0.05) is 0 Å². The van der Waals surface area contributed by atoms with Crippen LogP contribution < -0.4 is 11.4 Å². The van der Waals surface area contributed by atoms with Crippen molar-refractivity contribution in [1.82, 2.24) is 9.55 Å². The van der Waals surface area contributed by atoms with Crippen molar-refractivity contribution in [1.29, 1.82) is 0 Å². The number of esters is 1. The molecule has 0 aromatic carbocycles. The van der Waals surface area contributed by atoms with E-state index >= 15 is 0 Å². The Bertz CT molecular complexity index is 892. The first-order valence-corrected chi connectivity index (χ1v) is 11.3. The number of ether oxygens (including phenoxy) is 2. The largest absolute Gasteiger partial charge is 0.475 e. The molecule has 2 aliphatic heterocycles. The molecule has 0 bridgehead atoms. The number of fused-ring (bicyclic) bond motifs is 1. The fourth-order valence-electron chi connectivity index (χ4n) is 3.23. The predicted molar refractivity (Wildman–Crippen MR) is 106 cm³/mol. The Morgan fingerprint density at radius 3 is 2.93 bits per heavy atom. The quantitative estimate of drug-likeness (QED) is 0.275. The van der Waals surface area contributed by atoms with Gasteiger partial charge in [-0.2, -0.15) is 4.98 Å². The minimum Gasteiger partial charge on any atom is -0.463 e. The molecule has 2 fully saturated rings. The summed E-state index contributed by atoms with van der Waals surface area (Å²) < 4.78 is 41.0. The summed E-state index contributed by atoms with van der Waals surface area (Å²) in [5, 5.41) is 0. The number of aromatic nitrogens is 2. The average molecular weight is 466 g/mol. The summed E-state index contributed by atoms with van der Waals surface area (Å²) >= 11 is 6.67. The first-order valence-electron chi connectivity index (χ1n) is 9.48. The van der Waals surface area contributed by atoms with Crippen LogP contribution in [0.3, 0.4) is 0 Å². The molecule has 2 saturated heterocycles. The van der Waals surface area contributed by atoms with Crippen molar-refractivity contribution >= 4 is 31.2 Å². The van der Waals surface area contributed by atoms with Crippen molar-refractivity contribution in [2.75, 3.05) is 18.9 Å². The highest BCUT2D eigenvalue weighted by molar-refractivity contribution is 7.48. The van der Waals surface area contributed by atoms with Gasteiger partial charge in [-0.05, 0) is 33.3 Å². The van der Waals surface area contributed by atoms with Crippen LogP contribution in [0.2, 0.25) is 0 Å². The summed E-state index contributed by atoms with van der Waals surface area (Å²) in [6, 6.07) is 1.44. The number of nitrogens with zero attached hydrogens (tertiary/aromatic N) is 2. The maximum Gasteiger partial charge on any atom is 0.475 e. The molecule has 0 radical (unpaired) electrons. The van der Waals surface area contributed by atoms with E-state index in [1.54, 1.807) is 20.8 Å². The van der Waals surface area contributed by atoms with Gasteiger partial charge in [-0.3, -0.25) is 22.9 Å². The third-order valence-electron chi connectivity index (χ3n) is 4.57. The molecule has 1 aromatic rings. The van der Waals surface area contributed by atoms with Crippen molar-refractivity contribution in [2.45, 2.75) is 63.0 Å². The third kappa shape index (κ3) is 5.04. The van der Waals surface area contributed by atoms with Gasteiger partial charge in [0.05, 0.1) is 19.3 Å². The van der Waals surface area contributed by atoms with Gasteiger partial charge in [-0.25, -0.2) is 9.36 Å². The Hall–Kier alpha value is -1.49. The van der Waals surface area contributed by atoms with Crippen LogP contribution in [0, 0.1) is 0 Å². The number of phosphoric acid groups is 1. The Labute approximate surface area is 178 Å². The zero-order valence-electron chi connectivity index (χ0n) is 16.9. The number of carbonyl (C=O) groups is 1. The molecular weight excluding hydrogens is 441 g/mol. The molecule has 3 heterocycles. The van der Waals surface area contributed by atoms with Crippen molar-refractivity contribution in [3.8, 4) is 0 Å². The van der Waals surface area contributed by atoms with Crippen molar-refractivity contribution < 1.29 is 32.4 Å². The van der Waals surface area contributed by atoms with Gasteiger partial charge in [0.2, 0.25) is 0 Å². The van der Waals surface area contributed by atoms with Gasteiger partial charge in [0.1, 0.15) is 22.9 Å². The van der Waals surface area contributed by atoms with Crippen LogP contribution in [0.15, 0.2) is 17.1 Å². The number of halogens is 1. The number of hydrogen-bond donors (Lipinski definition) is 1. The van der Waals surface area contributed by atoms with Crippen molar-refractivity contribution in [2.24, 2.45) is 0 Å². The molecular formula is C17H25ClN3O8P. The Morgan fingerprint density at radius 2 is 2.27 bits per heavy atom. The molecule has 168 valence electrons. The number of alkyl halides is 1. The highest BCUT2D eigenvalue weighted by Gasteiger charge is 2.60.